The summed E-state index contributed by atoms with van der Waals surface area (Å²) in [5.74, 6) is 0.0898. The van der Waals surface area contributed by atoms with Gasteiger partial charge in [0.1, 0.15) is 5.54 Å². The van der Waals surface area contributed by atoms with E-state index in [1.54, 1.807) is 6.92 Å². The molecule has 19 heavy (non-hydrogen) atoms. The van der Waals surface area contributed by atoms with Crippen LogP contribution in [0.1, 0.15) is 53.4 Å². The van der Waals surface area contributed by atoms with Crippen molar-refractivity contribution in [3.05, 3.63) is 0 Å². The fourth-order valence-electron chi connectivity index (χ4n) is 3.08. The van der Waals surface area contributed by atoms with Gasteiger partial charge in [-0.1, -0.05) is 13.8 Å². The van der Waals surface area contributed by atoms with E-state index in [0.717, 1.165) is 25.4 Å². The fraction of sp³-hybridized carbons (Fsp3) is 0.933. The molecule has 1 saturated heterocycles. The lowest BCUT2D eigenvalue weighted by atomic mass is 9.92. The van der Waals surface area contributed by atoms with Gasteiger partial charge in [0.15, 0.2) is 0 Å². The van der Waals surface area contributed by atoms with Crippen molar-refractivity contribution >= 4 is 5.97 Å². The quantitative estimate of drug-likeness (QED) is 0.745. The molecule has 4 heteroatoms. The largest absolute Gasteiger partial charge is 0.480 e. The van der Waals surface area contributed by atoms with E-state index in [-0.39, 0.29) is 0 Å². The van der Waals surface area contributed by atoms with Crippen LogP contribution in [0.3, 0.4) is 0 Å². The van der Waals surface area contributed by atoms with Gasteiger partial charge in [-0.25, -0.2) is 0 Å². The first kappa shape index (κ1) is 16.4. The molecule has 3 atom stereocenters. The van der Waals surface area contributed by atoms with E-state index in [9.17, 15) is 9.90 Å². The van der Waals surface area contributed by atoms with E-state index in [4.69, 9.17) is 0 Å². The van der Waals surface area contributed by atoms with Gasteiger partial charge >= 0.3 is 5.97 Å². The van der Waals surface area contributed by atoms with Gasteiger partial charge in [-0.15, -0.1) is 0 Å². The topological polar surface area (TPSA) is 52.6 Å². The summed E-state index contributed by atoms with van der Waals surface area (Å²) >= 11 is 0. The molecule has 0 aromatic heterocycles. The molecule has 0 spiro atoms. The third kappa shape index (κ3) is 4.77. The van der Waals surface area contributed by atoms with Gasteiger partial charge in [-0.3, -0.25) is 4.79 Å². The Morgan fingerprint density at radius 3 is 2.68 bits per heavy atom. The first-order valence-corrected chi connectivity index (χ1v) is 7.61. The predicted octanol–water partition coefficient (Wildman–Crippen LogP) is 2.34. The minimum absolute atomic E-state index is 0.638. The monoisotopic (exact) mass is 270 g/mol. The lowest BCUT2D eigenvalue weighted by molar-refractivity contribution is -0.144. The van der Waals surface area contributed by atoms with Gasteiger partial charge in [-0.05, 0) is 65.1 Å². The Morgan fingerprint density at radius 1 is 1.47 bits per heavy atom. The molecule has 1 heterocycles. The minimum Gasteiger partial charge on any atom is -0.480 e. The molecule has 112 valence electrons. The maximum atomic E-state index is 11.3. The Kier molecular flexibility index (Phi) is 6.27. The van der Waals surface area contributed by atoms with Crippen LogP contribution >= 0.6 is 0 Å². The van der Waals surface area contributed by atoms with Crippen LogP contribution in [0.15, 0.2) is 0 Å². The van der Waals surface area contributed by atoms with Crippen LogP contribution in [0.2, 0.25) is 0 Å². The zero-order chi connectivity index (χ0) is 14.5. The Morgan fingerprint density at radius 2 is 2.16 bits per heavy atom. The average molecular weight is 270 g/mol. The number of hydrogen-bond acceptors (Lipinski definition) is 3. The van der Waals surface area contributed by atoms with E-state index in [1.165, 1.54) is 12.8 Å². The van der Waals surface area contributed by atoms with Crippen LogP contribution in [-0.2, 0) is 4.79 Å². The second-order valence-corrected chi connectivity index (χ2v) is 6.29. The smallest absolute Gasteiger partial charge is 0.323 e. The zero-order valence-corrected chi connectivity index (χ0v) is 12.9. The highest BCUT2D eigenvalue weighted by atomic mass is 16.4. The highest BCUT2D eigenvalue weighted by molar-refractivity contribution is 5.78. The summed E-state index contributed by atoms with van der Waals surface area (Å²) in [6, 6.07) is 0.638. The molecule has 3 unspecified atom stereocenters. The standard InChI is InChI=1S/C15H30N2O2/c1-5-16-15(4,14(18)19)8-6-9-17-10-7-12(2)11-13(17)3/h12-13,16H,5-11H2,1-4H3,(H,18,19). The number of aliphatic carboxylic acids is 1. The summed E-state index contributed by atoms with van der Waals surface area (Å²) in [5.41, 5.74) is -0.777. The number of carboxylic acid groups (broad SMARTS) is 1. The molecule has 1 aliphatic rings. The Hall–Kier alpha value is -0.610. The average Bonchev–Trinajstić information content (AvgIpc) is 2.32. The van der Waals surface area contributed by atoms with Crippen molar-refractivity contribution in [2.24, 2.45) is 5.92 Å². The third-order valence-corrected chi connectivity index (χ3v) is 4.44. The first-order valence-electron chi connectivity index (χ1n) is 7.61. The molecule has 0 bridgehead atoms. The third-order valence-electron chi connectivity index (χ3n) is 4.44. The van der Waals surface area contributed by atoms with Crippen molar-refractivity contribution in [2.45, 2.75) is 65.0 Å². The predicted molar refractivity (Wildman–Crippen MR) is 78.4 cm³/mol. The number of carbonyl (C=O) groups is 1. The number of carboxylic acids is 1. The maximum Gasteiger partial charge on any atom is 0.323 e. The van der Waals surface area contributed by atoms with Gasteiger partial charge in [0, 0.05) is 6.04 Å². The molecule has 4 nitrogen and oxygen atoms in total. The van der Waals surface area contributed by atoms with E-state index in [2.05, 4.69) is 24.1 Å². The number of likely N-dealkylation sites (tertiary alicyclic amines) is 1. The van der Waals surface area contributed by atoms with Crippen molar-refractivity contribution in [1.29, 1.82) is 0 Å². The van der Waals surface area contributed by atoms with E-state index in [1.807, 2.05) is 6.92 Å². The lowest BCUT2D eigenvalue weighted by Crippen LogP contribution is -2.50. The molecule has 0 amide bonds. The lowest BCUT2D eigenvalue weighted by Gasteiger charge is -2.37. The molecule has 0 aromatic rings. The van der Waals surface area contributed by atoms with E-state index >= 15 is 0 Å². The normalized spacial score (nSPS) is 28.0. The zero-order valence-electron chi connectivity index (χ0n) is 12.9. The fourth-order valence-corrected chi connectivity index (χ4v) is 3.08. The first-order chi connectivity index (χ1) is 8.89. The number of rotatable bonds is 7. The summed E-state index contributed by atoms with van der Waals surface area (Å²) in [4.78, 5) is 13.8. The summed E-state index contributed by atoms with van der Waals surface area (Å²) in [6.07, 6.45) is 4.17. The second-order valence-electron chi connectivity index (χ2n) is 6.29. The van der Waals surface area contributed by atoms with Crippen molar-refractivity contribution in [1.82, 2.24) is 10.2 Å². The summed E-state index contributed by atoms with van der Waals surface area (Å²) in [6.45, 7) is 11.2. The van der Waals surface area contributed by atoms with Crippen LogP contribution in [-0.4, -0.2) is 47.2 Å². The molecule has 0 aromatic carbocycles. The van der Waals surface area contributed by atoms with Crippen LogP contribution in [0.25, 0.3) is 0 Å². The molecule has 0 radical (unpaired) electrons. The summed E-state index contributed by atoms with van der Waals surface area (Å²) in [7, 11) is 0. The van der Waals surface area contributed by atoms with Crippen LogP contribution < -0.4 is 5.32 Å². The maximum absolute atomic E-state index is 11.3. The van der Waals surface area contributed by atoms with Crippen molar-refractivity contribution in [3.8, 4) is 0 Å². The highest BCUT2D eigenvalue weighted by Crippen LogP contribution is 2.23. The summed E-state index contributed by atoms with van der Waals surface area (Å²) in [5, 5.41) is 12.4. The van der Waals surface area contributed by atoms with Crippen molar-refractivity contribution in [2.75, 3.05) is 19.6 Å². The van der Waals surface area contributed by atoms with Gasteiger partial charge < -0.3 is 15.3 Å². The summed E-state index contributed by atoms with van der Waals surface area (Å²) < 4.78 is 0. The Labute approximate surface area is 117 Å². The van der Waals surface area contributed by atoms with Crippen molar-refractivity contribution < 1.29 is 9.90 Å². The number of nitrogens with one attached hydrogen (secondary N) is 1. The number of likely N-dealkylation sites (N-methyl/N-ethyl adjacent to an activating group) is 1. The minimum atomic E-state index is -0.777. The number of nitrogens with zero attached hydrogens (tertiary/aromatic N) is 1. The molecular weight excluding hydrogens is 240 g/mol. The van der Waals surface area contributed by atoms with Crippen LogP contribution in [0.4, 0.5) is 0 Å². The molecule has 0 saturated carbocycles. The van der Waals surface area contributed by atoms with Gasteiger partial charge in [-0.2, -0.15) is 0 Å². The molecule has 1 rings (SSSR count). The van der Waals surface area contributed by atoms with Gasteiger partial charge in [0.25, 0.3) is 0 Å². The number of hydrogen-bond donors (Lipinski definition) is 2. The molecular formula is C15H30N2O2. The molecule has 2 N–H and O–H groups in total. The molecule has 0 aliphatic carbocycles. The van der Waals surface area contributed by atoms with Gasteiger partial charge in [0.2, 0.25) is 0 Å². The SMILES string of the molecule is CCNC(C)(CCCN1CCC(C)CC1C)C(=O)O. The Balaban J connectivity index is 2.38. The number of piperidine rings is 1. The van der Waals surface area contributed by atoms with E-state index < -0.39 is 11.5 Å². The van der Waals surface area contributed by atoms with Crippen molar-refractivity contribution in [3.63, 3.8) is 0 Å². The van der Waals surface area contributed by atoms with E-state index in [0.29, 0.717) is 19.0 Å². The molecule has 1 aliphatic heterocycles. The van der Waals surface area contributed by atoms with Crippen LogP contribution in [0, 0.1) is 5.92 Å². The Bertz CT molecular complexity index is 296. The second kappa shape index (κ2) is 7.25. The van der Waals surface area contributed by atoms with Crippen LogP contribution in [0.5, 0.6) is 0 Å². The molecule has 1 fully saturated rings. The highest BCUT2D eigenvalue weighted by Gasteiger charge is 2.32. The van der Waals surface area contributed by atoms with Gasteiger partial charge in [0.05, 0.1) is 0 Å².